The molecule has 0 bridgehead atoms. The number of benzene rings is 1. The molecule has 150 valence electrons. The van der Waals surface area contributed by atoms with E-state index in [0.29, 0.717) is 25.9 Å². The summed E-state index contributed by atoms with van der Waals surface area (Å²) in [4.78, 5) is 14.8. The fraction of sp³-hybridized carbons (Fsp3) is 0.632. The number of ether oxygens (including phenoxy) is 1. The zero-order chi connectivity index (χ0) is 19.4. The van der Waals surface area contributed by atoms with E-state index in [9.17, 15) is 13.2 Å². The molecule has 1 amide bonds. The second-order valence-corrected chi connectivity index (χ2v) is 9.34. The summed E-state index contributed by atoms with van der Waals surface area (Å²) < 4.78 is 30.0. The Balaban J connectivity index is 1.52. The van der Waals surface area contributed by atoms with Gasteiger partial charge in [0, 0.05) is 37.8 Å². The van der Waals surface area contributed by atoms with Gasteiger partial charge in [0.05, 0.1) is 25.5 Å². The molecule has 0 aliphatic carbocycles. The minimum atomic E-state index is -3.16. The van der Waals surface area contributed by atoms with Crippen molar-refractivity contribution >= 4 is 21.6 Å². The SMILES string of the molecule is C[C@@H](NC(=O)C1CCN(S(C)(=O)=O)CC1)c1ccc(N2CCOCC2)cc1. The summed E-state index contributed by atoms with van der Waals surface area (Å²) in [6.07, 6.45) is 2.36. The Labute approximate surface area is 161 Å². The number of nitrogens with zero attached hydrogens (tertiary/aromatic N) is 2. The molecule has 0 unspecified atom stereocenters. The highest BCUT2D eigenvalue weighted by Gasteiger charge is 2.29. The number of piperidine rings is 1. The predicted molar refractivity (Wildman–Crippen MR) is 105 cm³/mol. The second kappa shape index (κ2) is 8.58. The zero-order valence-electron chi connectivity index (χ0n) is 16.1. The van der Waals surface area contributed by atoms with Crippen LogP contribution in [0, 0.1) is 5.92 Å². The number of amides is 1. The van der Waals surface area contributed by atoms with Gasteiger partial charge in [-0.15, -0.1) is 0 Å². The lowest BCUT2D eigenvalue weighted by Gasteiger charge is -2.30. The Morgan fingerprint density at radius 2 is 1.70 bits per heavy atom. The Morgan fingerprint density at radius 1 is 1.11 bits per heavy atom. The van der Waals surface area contributed by atoms with Gasteiger partial charge < -0.3 is 15.0 Å². The first kappa shape index (κ1) is 20.1. The number of morpholine rings is 1. The van der Waals surface area contributed by atoms with Crippen LogP contribution in [0.1, 0.15) is 31.4 Å². The molecule has 3 rings (SSSR count). The van der Waals surface area contributed by atoms with Gasteiger partial charge in [-0.2, -0.15) is 0 Å². The van der Waals surface area contributed by atoms with Gasteiger partial charge in [0.25, 0.3) is 0 Å². The van der Waals surface area contributed by atoms with Crippen LogP contribution in [0.15, 0.2) is 24.3 Å². The van der Waals surface area contributed by atoms with Gasteiger partial charge in [0.15, 0.2) is 0 Å². The van der Waals surface area contributed by atoms with Crippen LogP contribution in [0.4, 0.5) is 5.69 Å². The third kappa shape index (κ3) is 5.21. The highest BCUT2D eigenvalue weighted by atomic mass is 32.2. The molecule has 1 aromatic rings. The van der Waals surface area contributed by atoms with Crippen molar-refractivity contribution in [3.8, 4) is 0 Å². The average molecular weight is 396 g/mol. The van der Waals surface area contributed by atoms with Gasteiger partial charge in [0.2, 0.25) is 15.9 Å². The molecule has 0 saturated carbocycles. The van der Waals surface area contributed by atoms with Crippen molar-refractivity contribution in [2.24, 2.45) is 5.92 Å². The molecule has 2 aliphatic heterocycles. The summed E-state index contributed by atoms with van der Waals surface area (Å²) in [5.74, 6) is -0.119. The van der Waals surface area contributed by atoms with E-state index in [2.05, 4.69) is 34.5 Å². The van der Waals surface area contributed by atoms with Crippen molar-refractivity contribution in [3.63, 3.8) is 0 Å². The number of nitrogens with one attached hydrogen (secondary N) is 1. The highest BCUT2D eigenvalue weighted by Crippen LogP contribution is 2.23. The highest BCUT2D eigenvalue weighted by molar-refractivity contribution is 7.88. The molecule has 1 N–H and O–H groups in total. The minimum absolute atomic E-state index is 0.00732. The third-order valence-electron chi connectivity index (χ3n) is 5.42. The van der Waals surface area contributed by atoms with Gasteiger partial charge in [-0.25, -0.2) is 12.7 Å². The molecule has 27 heavy (non-hydrogen) atoms. The van der Waals surface area contributed by atoms with Crippen LogP contribution in [0.2, 0.25) is 0 Å². The molecule has 1 aromatic carbocycles. The van der Waals surface area contributed by atoms with Crippen LogP contribution < -0.4 is 10.2 Å². The number of rotatable bonds is 5. The number of sulfonamides is 1. The number of carbonyl (C=O) groups excluding carboxylic acids is 1. The monoisotopic (exact) mass is 395 g/mol. The number of hydrogen-bond donors (Lipinski definition) is 1. The van der Waals surface area contributed by atoms with Crippen molar-refractivity contribution in [2.45, 2.75) is 25.8 Å². The van der Waals surface area contributed by atoms with Crippen LogP contribution in [0.5, 0.6) is 0 Å². The maximum absolute atomic E-state index is 12.6. The summed E-state index contributed by atoms with van der Waals surface area (Å²) in [7, 11) is -3.16. The summed E-state index contributed by atoms with van der Waals surface area (Å²) in [5.41, 5.74) is 2.24. The first-order chi connectivity index (χ1) is 12.8. The molecule has 0 spiro atoms. The summed E-state index contributed by atoms with van der Waals surface area (Å²) in [6.45, 7) is 6.13. The van der Waals surface area contributed by atoms with E-state index >= 15 is 0 Å². The zero-order valence-corrected chi connectivity index (χ0v) is 16.9. The second-order valence-electron chi connectivity index (χ2n) is 7.36. The average Bonchev–Trinajstić information content (AvgIpc) is 2.68. The van der Waals surface area contributed by atoms with Gasteiger partial charge >= 0.3 is 0 Å². The van der Waals surface area contributed by atoms with E-state index in [4.69, 9.17) is 4.74 Å². The van der Waals surface area contributed by atoms with Crippen molar-refractivity contribution in [1.29, 1.82) is 0 Å². The first-order valence-electron chi connectivity index (χ1n) is 9.53. The third-order valence-corrected chi connectivity index (χ3v) is 6.73. The van der Waals surface area contributed by atoms with E-state index in [1.165, 1.54) is 16.2 Å². The van der Waals surface area contributed by atoms with Crippen molar-refractivity contribution in [2.75, 3.05) is 50.5 Å². The van der Waals surface area contributed by atoms with Crippen molar-refractivity contribution in [1.82, 2.24) is 9.62 Å². The molecule has 2 heterocycles. The molecule has 0 aromatic heterocycles. The largest absolute Gasteiger partial charge is 0.378 e. The molecule has 0 radical (unpaired) electrons. The fourth-order valence-electron chi connectivity index (χ4n) is 3.66. The lowest BCUT2D eigenvalue weighted by molar-refractivity contribution is -0.126. The quantitative estimate of drug-likeness (QED) is 0.815. The van der Waals surface area contributed by atoms with Crippen molar-refractivity contribution in [3.05, 3.63) is 29.8 Å². The Hall–Kier alpha value is -1.64. The van der Waals surface area contributed by atoms with Gasteiger partial charge in [-0.3, -0.25) is 4.79 Å². The molecule has 2 saturated heterocycles. The van der Waals surface area contributed by atoms with Crippen LogP contribution >= 0.6 is 0 Å². The van der Waals surface area contributed by atoms with Crippen molar-refractivity contribution < 1.29 is 17.9 Å². The number of anilines is 1. The standard InChI is InChI=1S/C19H29N3O4S/c1-15(16-3-5-18(6-4-16)21-11-13-26-14-12-21)20-19(23)17-7-9-22(10-8-17)27(2,24)25/h3-6,15,17H,7-14H2,1-2H3,(H,20,23)/t15-/m1/s1. The summed E-state index contributed by atoms with van der Waals surface area (Å²) in [5, 5.41) is 3.08. The van der Waals surface area contributed by atoms with Gasteiger partial charge in [0.1, 0.15) is 0 Å². The topological polar surface area (TPSA) is 79.0 Å². The van der Waals surface area contributed by atoms with Gasteiger partial charge in [-0.05, 0) is 37.5 Å². The number of carbonyl (C=O) groups is 1. The molecular formula is C19H29N3O4S. The normalized spacial score (nSPS) is 21.0. The van der Waals surface area contributed by atoms with Crippen LogP contribution in [-0.4, -0.2) is 64.3 Å². The van der Waals surface area contributed by atoms with E-state index in [-0.39, 0.29) is 17.9 Å². The summed E-state index contributed by atoms with van der Waals surface area (Å²) >= 11 is 0. The molecule has 2 aliphatic rings. The maximum atomic E-state index is 12.6. The molecule has 7 nitrogen and oxygen atoms in total. The smallest absolute Gasteiger partial charge is 0.223 e. The lowest BCUT2D eigenvalue weighted by atomic mass is 9.96. The predicted octanol–water partition coefficient (Wildman–Crippen LogP) is 1.37. The van der Waals surface area contributed by atoms with Crippen LogP contribution in [-0.2, 0) is 19.6 Å². The van der Waals surface area contributed by atoms with Gasteiger partial charge in [-0.1, -0.05) is 12.1 Å². The van der Waals surface area contributed by atoms with E-state index in [1.807, 2.05) is 6.92 Å². The Morgan fingerprint density at radius 3 is 2.26 bits per heavy atom. The Bertz CT molecular complexity index is 737. The maximum Gasteiger partial charge on any atom is 0.223 e. The molecule has 1 atom stereocenters. The Kier molecular flexibility index (Phi) is 6.39. The van der Waals surface area contributed by atoms with E-state index in [0.717, 1.165) is 31.9 Å². The van der Waals surface area contributed by atoms with E-state index < -0.39 is 10.0 Å². The first-order valence-corrected chi connectivity index (χ1v) is 11.4. The summed E-state index contributed by atoms with van der Waals surface area (Å²) in [6, 6.07) is 8.22. The molecular weight excluding hydrogens is 366 g/mol. The van der Waals surface area contributed by atoms with Crippen LogP contribution in [0.3, 0.4) is 0 Å². The van der Waals surface area contributed by atoms with Crippen LogP contribution in [0.25, 0.3) is 0 Å². The fourth-order valence-corrected chi connectivity index (χ4v) is 4.53. The number of hydrogen-bond acceptors (Lipinski definition) is 5. The molecule has 8 heteroatoms. The lowest BCUT2D eigenvalue weighted by Crippen LogP contribution is -2.43. The van der Waals surface area contributed by atoms with E-state index in [1.54, 1.807) is 0 Å². The minimum Gasteiger partial charge on any atom is -0.378 e. The molecule has 2 fully saturated rings.